The van der Waals surface area contributed by atoms with Crippen molar-refractivity contribution >= 4 is 5.97 Å². The van der Waals surface area contributed by atoms with Gasteiger partial charge in [0, 0.05) is 29.9 Å². The zero-order valence-corrected chi connectivity index (χ0v) is 16.7. The van der Waals surface area contributed by atoms with Crippen molar-refractivity contribution in [2.24, 2.45) is 5.92 Å². The van der Waals surface area contributed by atoms with E-state index in [0.29, 0.717) is 35.9 Å². The zero-order chi connectivity index (χ0) is 21.0. The molecule has 0 bridgehead atoms. The average Bonchev–Trinajstić information content (AvgIpc) is 2.66. The van der Waals surface area contributed by atoms with Crippen molar-refractivity contribution in [1.29, 1.82) is 0 Å². The molecule has 0 amide bonds. The number of ether oxygens (including phenoxy) is 1. The number of rotatable bonds is 7. The summed E-state index contributed by atoms with van der Waals surface area (Å²) >= 11 is 0. The standard InChI is InChI=1S/C22H26F2N2O3/c1-22(2,24)14-26-9-7-15(8-10-26)13-29-17-4-5-18(19(23)11-17)16-3-6-20(21(27)28)25-12-16/h3-6,11-12,15H,7-10,13-14H2,1-2H3,(H,27,28). The number of likely N-dealkylation sites (tertiary alicyclic amines) is 1. The third kappa shape index (κ3) is 5.97. The SMILES string of the molecule is CC(C)(F)CN1CCC(COc2ccc(-c3ccc(C(=O)O)nc3)c(F)c2)CC1. The van der Waals surface area contributed by atoms with E-state index in [-0.39, 0.29) is 5.69 Å². The van der Waals surface area contributed by atoms with Gasteiger partial charge in [0.05, 0.1) is 6.61 Å². The first-order chi connectivity index (χ1) is 13.7. The highest BCUT2D eigenvalue weighted by Crippen LogP contribution is 2.27. The number of alkyl halides is 1. The van der Waals surface area contributed by atoms with Gasteiger partial charge in [-0.15, -0.1) is 0 Å². The molecule has 0 radical (unpaired) electrons. The Hall–Kier alpha value is -2.54. The summed E-state index contributed by atoms with van der Waals surface area (Å²) in [4.78, 5) is 16.8. The summed E-state index contributed by atoms with van der Waals surface area (Å²) in [5.74, 6) is -0.759. The average molecular weight is 404 g/mol. The van der Waals surface area contributed by atoms with Gasteiger partial charge in [0.1, 0.15) is 22.9 Å². The molecule has 1 saturated heterocycles. The number of carboxylic acids is 1. The largest absolute Gasteiger partial charge is 0.493 e. The number of nitrogens with zero attached hydrogens (tertiary/aromatic N) is 2. The molecule has 1 fully saturated rings. The van der Waals surface area contributed by atoms with Crippen molar-refractivity contribution in [1.82, 2.24) is 9.88 Å². The third-order valence-electron chi connectivity index (χ3n) is 5.03. The van der Waals surface area contributed by atoms with E-state index in [0.717, 1.165) is 25.9 Å². The molecule has 0 unspecified atom stereocenters. The lowest BCUT2D eigenvalue weighted by Crippen LogP contribution is -2.41. The van der Waals surface area contributed by atoms with Gasteiger partial charge in [0.2, 0.25) is 0 Å². The Morgan fingerprint density at radius 3 is 2.55 bits per heavy atom. The van der Waals surface area contributed by atoms with E-state index >= 15 is 0 Å². The van der Waals surface area contributed by atoms with Crippen LogP contribution in [-0.4, -0.2) is 52.9 Å². The van der Waals surface area contributed by atoms with E-state index in [4.69, 9.17) is 9.84 Å². The minimum atomic E-state index is -1.19. The fourth-order valence-corrected chi connectivity index (χ4v) is 3.56. The first kappa shape index (κ1) is 21.2. The molecule has 0 saturated carbocycles. The van der Waals surface area contributed by atoms with Crippen LogP contribution in [0.15, 0.2) is 36.5 Å². The topological polar surface area (TPSA) is 62.7 Å². The summed E-state index contributed by atoms with van der Waals surface area (Å²) < 4.78 is 34.0. The van der Waals surface area contributed by atoms with Crippen LogP contribution < -0.4 is 4.74 Å². The Balaban J connectivity index is 1.54. The van der Waals surface area contributed by atoms with Gasteiger partial charge in [-0.05, 0) is 63.9 Å². The van der Waals surface area contributed by atoms with Gasteiger partial charge in [0.15, 0.2) is 0 Å². The third-order valence-corrected chi connectivity index (χ3v) is 5.03. The first-order valence-electron chi connectivity index (χ1n) is 9.74. The number of aromatic nitrogens is 1. The van der Waals surface area contributed by atoms with Crippen LogP contribution in [0.25, 0.3) is 11.1 Å². The number of halogens is 2. The van der Waals surface area contributed by atoms with Gasteiger partial charge in [-0.1, -0.05) is 6.07 Å². The second-order valence-electron chi connectivity index (χ2n) is 8.13. The monoisotopic (exact) mass is 404 g/mol. The molecule has 156 valence electrons. The zero-order valence-electron chi connectivity index (χ0n) is 16.7. The second-order valence-corrected chi connectivity index (χ2v) is 8.13. The maximum Gasteiger partial charge on any atom is 0.354 e. The molecular weight excluding hydrogens is 378 g/mol. The number of hydrogen-bond acceptors (Lipinski definition) is 4. The smallest absolute Gasteiger partial charge is 0.354 e. The predicted molar refractivity (Wildman–Crippen MR) is 106 cm³/mol. The Kier molecular flexibility index (Phi) is 6.47. The number of carboxylic acid groups (broad SMARTS) is 1. The molecule has 1 aromatic carbocycles. The van der Waals surface area contributed by atoms with Gasteiger partial charge in [-0.3, -0.25) is 0 Å². The van der Waals surface area contributed by atoms with Crippen molar-refractivity contribution in [3.05, 3.63) is 48.0 Å². The molecule has 5 nitrogen and oxygen atoms in total. The number of hydrogen-bond donors (Lipinski definition) is 1. The maximum atomic E-state index is 14.5. The van der Waals surface area contributed by atoms with Crippen LogP contribution in [0.3, 0.4) is 0 Å². The Bertz CT molecular complexity index is 842. The molecule has 29 heavy (non-hydrogen) atoms. The fourth-order valence-electron chi connectivity index (χ4n) is 3.56. The number of piperidine rings is 1. The number of benzene rings is 1. The van der Waals surface area contributed by atoms with Crippen molar-refractivity contribution in [3.8, 4) is 16.9 Å². The van der Waals surface area contributed by atoms with Crippen LogP contribution in [0.5, 0.6) is 5.75 Å². The Morgan fingerprint density at radius 1 is 1.28 bits per heavy atom. The van der Waals surface area contributed by atoms with Crippen molar-refractivity contribution in [3.63, 3.8) is 0 Å². The van der Waals surface area contributed by atoms with Crippen molar-refractivity contribution in [2.75, 3.05) is 26.2 Å². The summed E-state index contributed by atoms with van der Waals surface area (Å²) in [6.07, 6.45) is 3.20. The molecule has 7 heteroatoms. The van der Waals surface area contributed by atoms with Crippen LogP contribution in [0.1, 0.15) is 37.2 Å². The van der Waals surface area contributed by atoms with E-state index in [1.165, 1.54) is 24.4 Å². The van der Waals surface area contributed by atoms with Crippen LogP contribution in [0.4, 0.5) is 8.78 Å². The number of carbonyl (C=O) groups is 1. The summed E-state index contributed by atoms with van der Waals surface area (Å²) in [5.41, 5.74) is -0.437. The molecule has 0 atom stereocenters. The molecule has 2 aromatic rings. The lowest BCUT2D eigenvalue weighted by Gasteiger charge is -2.34. The summed E-state index contributed by atoms with van der Waals surface area (Å²) in [6, 6.07) is 7.51. The lowest BCUT2D eigenvalue weighted by atomic mass is 9.97. The van der Waals surface area contributed by atoms with Crippen LogP contribution >= 0.6 is 0 Å². The minimum Gasteiger partial charge on any atom is -0.493 e. The molecule has 0 aliphatic carbocycles. The van der Waals surface area contributed by atoms with Crippen LogP contribution in [0, 0.1) is 11.7 Å². The maximum absolute atomic E-state index is 14.5. The minimum absolute atomic E-state index is 0.0877. The molecule has 1 N–H and O–H groups in total. The van der Waals surface area contributed by atoms with E-state index in [1.807, 2.05) is 0 Å². The Labute approximate surface area is 169 Å². The molecule has 1 aliphatic heterocycles. The predicted octanol–water partition coefficient (Wildman–Crippen LogP) is 4.42. The van der Waals surface area contributed by atoms with Gasteiger partial charge in [0.25, 0.3) is 0 Å². The lowest BCUT2D eigenvalue weighted by molar-refractivity contribution is 0.0690. The normalized spacial score (nSPS) is 16.0. The molecule has 1 aromatic heterocycles. The van der Waals surface area contributed by atoms with E-state index in [9.17, 15) is 13.6 Å². The highest BCUT2D eigenvalue weighted by Gasteiger charge is 2.25. The van der Waals surface area contributed by atoms with Crippen molar-refractivity contribution in [2.45, 2.75) is 32.4 Å². The first-order valence-corrected chi connectivity index (χ1v) is 9.74. The van der Waals surface area contributed by atoms with E-state index in [2.05, 4.69) is 9.88 Å². The molecular formula is C22H26F2N2O3. The van der Waals surface area contributed by atoms with E-state index in [1.54, 1.807) is 26.0 Å². The quantitative estimate of drug-likeness (QED) is 0.740. The van der Waals surface area contributed by atoms with Gasteiger partial charge in [-0.25, -0.2) is 18.6 Å². The molecule has 0 spiro atoms. The fraction of sp³-hybridized carbons (Fsp3) is 0.455. The van der Waals surface area contributed by atoms with Crippen molar-refractivity contribution < 1.29 is 23.4 Å². The highest BCUT2D eigenvalue weighted by atomic mass is 19.1. The second kappa shape index (κ2) is 8.86. The number of pyridine rings is 1. The molecule has 2 heterocycles. The molecule has 3 rings (SSSR count). The number of aromatic carboxylic acids is 1. The summed E-state index contributed by atoms with van der Waals surface area (Å²) in [6.45, 7) is 5.81. The highest BCUT2D eigenvalue weighted by molar-refractivity contribution is 5.85. The van der Waals surface area contributed by atoms with Gasteiger partial charge < -0.3 is 14.7 Å². The Morgan fingerprint density at radius 2 is 2.00 bits per heavy atom. The van der Waals surface area contributed by atoms with Gasteiger partial charge >= 0.3 is 5.97 Å². The summed E-state index contributed by atoms with van der Waals surface area (Å²) in [5, 5.41) is 8.90. The van der Waals surface area contributed by atoms with Gasteiger partial charge in [-0.2, -0.15) is 0 Å². The summed E-state index contributed by atoms with van der Waals surface area (Å²) in [7, 11) is 0. The van der Waals surface area contributed by atoms with Crippen LogP contribution in [-0.2, 0) is 0 Å². The van der Waals surface area contributed by atoms with E-state index < -0.39 is 17.5 Å². The molecule has 1 aliphatic rings. The van der Waals surface area contributed by atoms with Crippen LogP contribution in [0.2, 0.25) is 0 Å².